The molecule has 0 radical (unpaired) electrons. The molecule has 0 aliphatic carbocycles. The first kappa shape index (κ1) is 16.5. The van der Waals surface area contributed by atoms with Gasteiger partial charge in [-0.3, -0.25) is 9.59 Å². The van der Waals surface area contributed by atoms with Gasteiger partial charge in [-0.2, -0.15) is 0 Å². The van der Waals surface area contributed by atoms with E-state index in [1.54, 1.807) is 32.0 Å². The van der Waals surface area contributed by atoms with Crippen LogP contribution in [0.1, 0.15) is 30.6 Å². The minimum Gasteiger partial charge on any atom is -0.497 e. The van der Waals surface area contributed by atoms with Gasteiger partial charge in [-0.25, -0.2) is 0 Å². The van der Waals surface area contributed by atoms with E-state index in [4.69, 9.17) is 9.47 Å². The van der Waals surface area contributed by atoms with Crippen molar-refractivity contribution in [3.63, 3.8) is 0 Å². The number of benzene rings is 1. The van der Waals surface area contributed by atoms with Crippen LogP contribution < -0.4 is 10.1 Å². The fourth-order valence-corrected chi connectivity index (χ4v) is 1.93. The van der Waals surface area contributed by atoms with Crippen LogP contribution in [-0.2, 0) is 9.53 Å². The van der Waals surface area contributed by atoms with Crippen LogP contribution in [0.25, 0.3) is 0 Å². The Balaban J connectivity index is 2.53. The van der Waals surface area contributed by atoms with E-state index in [0.29, 0.717) is 15.8 Å². The molecule has 0 aromatic heterocycles. The highest BCUT2D eigenvalue weighted by atomic mass is 79.9. The summed E-state index contributed by atoms with van der Waals surface area (Å²) in [4.78, 5) is 23.3. The SMILES string of the molecule is COc1ccc(Br)c(C(=O)NCCC(=O)OC(C)C)c1. The van der Waals surface area contributed by atoms with Crippen LogP contribution in [0.15, 0.2) is 22.7 Å². The maximum absolute atomic E-state index is 12.0. The smallest absolute Gasteiger partial charge is 0.307 e. The van der Waals surface area contributed by atoms with Gasteiger partial charge in [-0.05, 0) is 48.0 Å². The maximum atomic E-state index is 12.0. The first-order valence-electron chi connectivity index (χ1n) is 6.25. The molecular formula is C14H18BrNO4. The minimum atomic E-state index is -0.329. The summed E-state index contributed by atoms with van der Waals surface area (Å²) in [5.41, 5.74) is 0.460. The summed E-state index contributed by atoms with van der Waals surface area (Å²) in [6.45, 7) is 3.79. The molecule has 1 rings (SSSR count). The second kappa shape index (κ2) is 7.89. The quantitative estimate of drug-likeness (QED) is 0.806. The Bertz CT molecular complexity index is 488. The molecule has 1 aromatic carbocycles. The van der Waals surface area contributed by atoms with Gasteiger partial charge in [-0.15, -0.1) is 0 Å². The fourth-order valence-electron chi connectivity index (χ4n) is 1.50. The van der Waals surface area contributed by atoms with Gasteiger partial charge < -0.3 is 14.8 Å². The highest BCUT2D eigenvalue weighted by Crippen LogP contribution is 2.22. The number of amides is 1. The Morgan fingerprint density at radius 1 is 1.35 bits per heavy atom. The second-order valence-corrected chi connectivity index (χ2v) is 5.24. The number of methoxy groups -OCH3 is 1. The van der Waals surface area contributed by atoms with Crippen LogP contribution in [0.5, 0.6) is 5.75 Å². The Labute approximate surface area is 126 Å². The first-order chi connectivity index (χ1) is 9.43. The molecule has 0 bridgehead atoms. The van der Waals surface area contributed by atoms with Crippen LogP contribution in [0.2, 0.25) is 0 Å². The van der Waals surface area contributed by atoms with Gasteiger partial charge in [0.15, 0.2) is 0 Å². The van der Waals surface area contributed by atoms with E-state index in [2.05, 4.69) is 21.2 Å². The molecule has 1 N–H and O–H groups in total. The van der Waals surface area contributed by atoms with Gasteiger partial charge in [-0.1, -0.05) is 0 Å². The molecule has 0 heterocycles. The summed E-state index contributed by atoms with van der Waals surface area (Å²) in [6, 6.07) is 5.12. The van der Waals surface area contributed by atoms with Gasteiger partial charge in [0.2, 0.25) is 0 Å². The number of carbonyl (C=O) groups is 2. The molecule has 0 fully saturated rings. The van der Waals surface area contributed by atoms with Crippen molar-refractivity contribution < 1.29 is 19.1 Å². The van der Waals surface area contributed by atoms with Crippen molar-refractivity contribution in [2.45, 2.75) is 26.4 Å². The lowest BCUT2D eigenvalue weighted by Crippen LogP contribution is -2.27. The van der Waals surface area contributed by atoms with Crippen LogP contribution >= 0.6 is 15.9 Å². The molecule has 1 aromatic rings. The third kappa shape index (κ3) is 5.21. The van der Waals surface area contributed by atoms with Crippen molar-refractivity contribution in [3.05, 3.63) is 28.2 Å². The van der Waals surface area contributed by atoms with E-state index in [-0.39, 0.29) is 30.9 Å². The molecule has 5 nitrogen and oxygen atoms in total. The van der Waals surface area contributed by atoms with Gasteiger partial charge in [0.25, 0.3) is 5.91 Å². The highest BCUT2D eigenvalue weighted by molar-refractivity contribution is 9.10. The molecule has 0 unspecified atom stereocenters. The van der Waals surface area contributed by atoms with E-state index in [9.17, 15) is 9.59 Å². The monoisotopic (exact) mass is 343 g/mol. The third-order valence-corrected chi connectivity index (χ3v) is 3.09. The standard InChI is InChI=1S/C14H18BrNO4/c1-9(2)20-13(17)6-7-16-14(18)11-8-10(19-3)4-5-12(11)15/h4-5,8-9H,6-7H2,1-3H3,(H,16,18). The number of hydrogen-bond acceptors (Lipinski definition) is 4. The number of halogens is 1. The summed E-state index contributed by atoms with van der Waals surface area (Å²) >= 11 is 3.31. The molecule has 0 spiro atoms. The largest absolute Gasteiger partial charge is 0.497 e. The van der Waals surface area contributed by atoms with Gasteiger partial charge in [0.05, 0.1) is 25.2 Å². The van der Waals surface area contributed by atoms with Crippen molar-refractivity contribution in [1.82, 2.24) is 5.32 Å². The Morgan fingerprint density at radius 3 is 2.65 bits per heavy atom. The molecule has 110 valence electrons. The lowest BCUT2D eigenvalue weighted by atomic mass is 10.2. The van der Waals surface area contributed by atoms with Gasteiger partial charge in [0.1, 0.15) is 5.75 Å². The molecule has 20 heavy (non-hydrogen) atoms. The summed E-state index contributed by atoms with van der Waals surface area (Å²) in [6.07, 6.45) is -0.00312. The molecule has 0 atom stereocenters. The van der Waals surface area contributed by atoms with E-state index >= 15 is 0 Å². The summed E-state index contributed by atoms with van der Waals surface area (Å²) in [5, 5.41) is 2.67. The molecule has 0 saturated heterocycles. The Kier molecular flexibility index (Phi) is 6.51. The maximum Gasteiger partial charge on any atom is 0.307 e. The zero-order valence-corrected chi connectivity index (χ0v) is 13.3. The van der Waals surface area contributed by atoms with Crippen LogP contribution in [0.3, 0.4) is 0 Å². The molecule has 1 amide bonds. The normalized spacial score (nSPS) is 10.2. The Morgan fingerprint density at radius 2 is 2.05 bits per heavy atom. The van der Waals surface area contributed by atoms with Crippen molar-refractivity contribution in [3.8, 4) is 5.75 Å². The number of ether oxygens (including phenoxy) is 2. The topological polar surface area (TPSA) is 64.6 Å². The zero-order valence-electron chi connectivity index (χ0n) is 11.7. The van der Waals surface area contributed by atoms with Gasteiger partial charge in [0, 0.05) is 11.0 Å². The van der Waals surface area contributed by atoms with Crippen LogP contribution in [-0.4, -0.2) is 31.6 Å². The number of nitrogens with one attached hydrogen (secondary N) is 1. The van der Waals surface area contributed by atoms with Crippen molar-refractivity contribution in [2.75, 3.05) is 13.7 Å². The minimum absolute atomic E-state index is 0.144. The van der Waals surface area contributed by atoms with E-state index in [0.717, 1.165) is 0 Å². The van der Waals surface area contributed by atoms with Crippen molar-refractivity contribution in [2.24, 2.45) is 0 Å². The summed E-state index contributed by atoms with van der Waals surface area (Å²) in [7, 11) is 1.53. The zero-order chi connectivity index (χ0) is 15.1. The number of hydrogen-bond donors (Lipinski definition) is 1. The van der Waals surface area contributed by atoms with Crippen molar-refractivity contribution >= 4 is 27.8 Å². The van der Waals surface area contributed by atoms with Crippen LogP contribution in [0.4, 0.5) is 0 Å². The lowest BCUT2D eigenvalue weighted by Gasteiger charge is -2.10. The molecular weight excluding hydrogens is 326 g/mol. The molecule has 0 aliphatic rings. The predicted octanol–water partition coefficient (Wildman–Crippen LogP) is 2.53. The number of rotatable bonds is 6. The average Bonchev–Trinajstić information content (AvgIpc) is 2.38. The van der Waals surface area contributed by atoms with Crippen molar-refractivity contribution in [1.29, 1.82) is 0 Å². The number of esters is 1. The highest BCUT2D eigenvalue weighted by Gasteiger charge is 2.12. The molecule has 6 heteroatoms. The molecule has 0 aliphatic heterocycles. The van der Waals surface area contributed by atoms with Gasteiger partial charge >= 0.3 is 5.97 Å². The summed E-state index contributed by atoms with van der Waals surface area (Å²) < 4.78 is 10.7. The average molecular weight is 344 g/mol. The predicted molar refractivity (Wildman–Crippen MR) is 78.9 cm³/mol. The van der Waals surface area contributed by atoms with Crippen LogP contribution in [0, 0.1) is 0 Å². The van der Waals surface area contributed by atoms with E-state index in [1.165, 1.54) is 7.11 Å². The third-order valence-electron chi connectivity index (χ3n) is 2.40. The Hall–Kier alpha value is -1.56. The van der Waals surface area contributed by atoms with E-state index in [1.807, 2.05) is 0 Å². The lowest BCUT2D eigenvalue weighted by molar-refractivity contribution is -0.147. The first-order valence-corrected chi connectivity index (χ1v) is 7.04. The number of carbonyl (C=O) groups excluding carboxylic acids is 2. The fraction of sp³-hybridized carbons (Fsp3) is 0.429. The molecule has 0 saturated carbocycles. The second-order valence-electron chi connectivity index (χ2n) is 4.39. The van der Waals surface area contributed by atoms with E-state index < -0.39 is 0 Å². The summed E-state index contributed by atoms with van der Waals surface area (Å²) in [5.74, 6) is -0.00398.